The molecule has 1 aliphatic rings. The van der Waals surface area contributed by atoms with Gasteiger partial charge < -0.3 is 5.32 Å². The van der Waals surface area contributed by atoms with Crippen molar-refractivity contribution in [2.75, 3.05) is 13.1 Å². The zero-order chi connectivity index (χ0) is 20.2. The molecule has 1 saturated heterocycles. The monoisotopic (exact) mass is 414 g/mol. The van der Waals surface area contributed by atoms with Crippen molar-refractivity contribution in [2.45, 2.75) is 52.3 Å². The molecule has 0 spiro atoms. The lowest BCUT2D eigenvalue weighted by Gasteiger charge is -2.33. The van der Waals surface area contributed by atoms with E-state index in [2.05, 4.69) is 33.0 Å². The molecule has 27 heavy (non-hydrogen) atoms. The summed E-state index contributed by atoms with van der Waals surface area (Å²) in [4.78, 5) is 12.6. The van der Waals surface area contributed by atoms with E-state index in [9.17, 15) is 13.2 Å². The molecule has 0 aliphatic carbocycles. The summed E-state index contributed by atoms with van der Waals surface area (Å²) >= 11 is 6.10. The van der Waals surface area contributed by atoms with Gasteiger partial charge in [0.1, 0.15) is 0 Å². The number of nitrogens with zero attached hydrogens (tertiary/aromatic N) is 1. The van der Waals surface area contributed by atoms with E-state index < -0.39 is 10.0 Å². The van der Waals surface area contributed by atoms with E-state index in [1.165, 1.54) is 4.31 Å². The molecule has 152 valence electrons. The number of piperidine rings is 1. The maximum Gasteiger partial charge on any atom is 0.223 e. The SMILES string of the molecule is CC(C)C(NC(=O)C1CCN(S(=O)(=O)Cc2ccccc2Cl)CC1)C(C)C. The quantitative estimate of drug-likeness (QED) is 0.740. The van der Waals surface area contributed by atoms with E-state index >= 15 is 0 Å². The maximum absolute atomic E-state index is 12.7. The van der Waals surface area contributed by atoms with E-state index in [1.54, 1.807) is 24.3 Å². The van der Waals surface area contributed by atoms with E-state index in [0.29, 0.717) is 48.4 Å². The second-order valence-corrected chi connectivity index (χ2v) is 10.4. The predicted molar refractivity (Wildman–Crippen MR) is 110 cm³/mol. The standard InChI is InChI=1S/C20H31ClN2O3S/c1-14(2)19(15(3)4)22-20(24)16-9-11-23(12-10-16)27(25,26)13-17-7-5-6-8-18(17)21/h5-8,14-16,19H,9-13H2,1-4H3,(H,22,24). The van der Waals surface area contributed by atoms with E-state index in [0.717, 1.165) is 0 Å². The van der Waals surface area contributed by atoms with Gasteiger partial charge in [-0.2, -0.15) is 0 Å². The minimum absolute atomic E-state index is 0.0468. The van der Waals surface area contributed by atoms with Crippen molar-refractivity contribution >= 4 is 27.5 Å². The number of halogens is 1. The van der Waals surface area contributed by atoms with Crippen LogP contribution in [0.4, 0.5) is 0 Å². The molecule has 1 heterocycles. The number of nitrogens with one attached hydrogen (secondary N) is 1. The second-order valence-electron chi connectivity index (χ2n) is 8.04. The van der Waals surface area contributed by atoms with Gasteiger partial charge in [0.25, 0.3) is 0 Å². The molecule has 1 aromatic carbocycles. The van der Waals surface area contributed by atoms with Gasteiger partial charge in [-0.15, -0.1) is 0 Å². The molecule has 0 radical (unpaired) electrons. The van der Waals surface area contributed by atoms with Crippen LogP contribution < -0.4 is 5.32 Å². The number of hydrogen-bond acceptors (Lipinski definition) is 3. The topological polar surface area (TPSA) is 66.5 Å². The highest BCUT2D eigenvalue weighted by Gasteiger charge is 2.32. The fourth-order valence-corrected chi connectivity index (χ4v) is 5.56. The first kappa shape index (κ1) is 22.2. The minimum Gasteiger partial charge on any atom is -0.353 e. The summed E-state index contributed by atoms with van der Waals surface area (Å²) in [5.74, 6) is 0.546. The van der Waals surface area contributed by atoms with Gasteiger partial charge in [-0.3, -0.25) is 4.79 Å². The molecule has 1 aliphatic heterocycles. The molecule has 0 atom stereocenters. The number of rotatable bonds is 7. The molecule has 0 aromatic heterocycles. The lowest BCUT2D eigenvalue weighted by Crippen LogP contribution is -2.48. The van der Waals surface area contributed by atoms with Gasteiger partial charge in [-0.05, 0) is 36.3 Å². The van der Waals surface area contributed by atoms with Crippen LogP contribution in [0.25, 0.3) is 0 Å². The summed E-state index contributed by atoms with van der Waals surface area (Å²) in [6.45, 7) is 9.17. The summed E-state index contributed by atoms with van der Waals surface area (Å²) in [7, 11) is -3.44. The summed E-state index contributed by atoms with van der Waals surface area (Å²) < 4.78 is 26.9. The highest BCUT2D eigenvalue weighted by molar-refractivity contribution is 7.88. The van der Waals surface area contributed by atoms with Crippen LogP contribution in [0.3, 0.4) is 0 Å². The molecule has 7 heteroatoms. The van der Waals surface area contributed by atoms with Gasteiger partial charge in [-0.1, -0.05) is 57.5 Å². The number of carbonyl (C=O) groups is 1. The van der Waals surface area contributed by atoms with Crippen LogP contribution in [-0.2, 0) is 20.6 Å². The molecule has 1 amide bonds. The second kappa shape index (κ2) is 9.39. The first-order valence-corrected chi connectivity index (χ1v) is 11.6. The average Bonchev–Trinajstić information content (AvgIpc) is 2.61. The van der Waals surface area contributed by atoms with Gasteiger partial charge in [0, 0.05) is 30.1 Å². The van der Waals surface area contributed by atoms with Gasteiger partial charge in [0.2, 0.25) is 15.9 Å². The molecule has 0 bridgehead atoms. The lowest BCUT2D eigenvalue weighted by molar-refractivity contribution is -0.127. The van der Waals surface area contributed by atoms with E-state index in [1.807, 2.05) is 0 Å². The number of sulfonamides is 1. The van der Waals surface area contributed by atoms with Gasteiger partial charge >= 0.3 is 0 Å². The molecule has 2 rings (SSSR count). The van der Waals surface area contributed by atoms with Crippen molar-refractivity contribution in [3.63, 3.8) is 0 Å². The zero-order valence-corrected chi connectivity index (χ0v) is 18.2. The first-order valence-electron chi connectivity index (χ1n) is 9.63. The Labute approximate surface area is 168 Å². The van der Waals surface area contributed by atoms with Crippen molar-refractivity contribution in [3.8, 4) is 0 Å². The van der Waals surface area contributed by atoms with Crippen LogP contribution in [0.15, 0.2) is 24.3 Å². The van der Waals surface area contributed by atoms with Crippen LogP contribution in [0.2, 0.25) is 5.02 Å². The fourth-order valence-electron chi connectivity index (χ4n) is 3.68. The Morgan fingerprint density at radius 1 is 1.15 bits per heavy atom. The third-order valence-corrected chi connectivity index (χ3v) is 7.46. The Balaban J connectivity index is 1.94. The Bertz CT molecular complexity index is 733. The van der Waals surface area contributed by atoms with Crippen LogP contribution in [0.5, 0.6) is 0 Å². The molecule has 5 nitrogen and oxygen atoms in total. The van der Waals surface area contributed by atoms with Crippen molar-refractivity contribution in [1.82, 2.24) is 9.62 Å². The normalized spacial score (nSPS) is 17.0. The Morgan fingerprint density at radius 2 is 1.70 bits per heavy atom. The van der Waals surface area contributed by atoms with Crippen molar-refractivity contribution in [1.29, 1.82) is 0 Å². The van der Waals surface area contributed by atoms with Crippen LogP contribution in [0, 0.1) is 17.8 Å². The highest BCUT2D eigenvalue weighted by Crippen LogP contribution is 2.25. The Morgan fingerprint density at radius 3 is 2.22 bits per heavy atom. The molecular formula is C20H31ClN2O3S. The van der Waals surface area contributed by atoms with Crippen LogP contribution in [0.1, 0.15) is 46.1 Å². The molecule has 0 unspecified atom stereocenters. The molecule has 0 saturated carbocycles. The lowest BCUT2D eigenvalue weighted by atomic mass is 9.91. The summed E-state index contributed by atoms with van der Waals surface area (Å²) in [5.41, 5.74) is 0.607. The molecule has 1 fully saturated rings. The number of carbonyl (C=O) groups excluding carboxylic acids is 1. The smallest absolute Gasteiger partial charge is 0.223 e. The van der Waals surface area contributed by atoms with Gasteiger partial charge in [0.15, 0.2) is 0 Å². The Kier molecular flexibility index (Phi) is 7.72. The largest absolute Gasteiger partial charge is 0.353 e. The third kappa shape index (κ3) is 5.93. The van der Waals surface area contributed by atoms with Gasteiger partial charge in [0.05, 0.1) is 5.75 Å². The van der Waals surface area contributed by atoms with Crippen LogP contribution >= 0.6 is 11.6 Å². The van der Waals surface area contributed by atoms with E-state index in [-0.39, 0.29) is 23.6 Å². The number of benzene rings is 1. The molecule has 1 aromatic rings. The number of amides is 1. The average molecular weight is 415 g/mol. The summed E-state index contributed by atoms with van der Waals surface area (Å²) in [6.07, 6.45) is 1.10. The Hall–Kier alpha value is -1.11. The number of hydrogen-bond donors (Lipinski definition) is 1. The molecule has 1 N–H and O–H groups in total. The van der Waals surface area contributed by atoms with Crippen molar-refractivity contribution in [2.24, 2.45) is 17.8 Å². The highest BCUT2D eigenvalue weighted by atomic mass is 35.5. The summed E-state index contributed by atoms with van der Waals surface area (Å²) in [6, 6.07) is 7.14. The molecular weight excluding hydrogens is 384 g/mol. The fraction of sp³-hybridized carbons (Fsp3) is 0.650. The first-order chi connectivity index (χ1) is 12.6. The summed E-state index contributed by atoms with van der Waals surface area (Å²) in [5, 5.41) is 3.62. The predicted octanol–water partition coefficient (Wildman–Crippen LogP) is 3.68. The van der Waals surface area contributed by atoms with Crippen molar-refractivity contribution < 1.29 is 13.2 Å². The minimum atomic E-state index is -3.44. The van der Waals surface area contributed by atoms with Gasteiger partial charge in [-0.25, -0.2) is 12.7 Å². The zero-order valence-electron chi connectivity index (χ0n) is 16.6. The van der Waals surface area contributed by atoms with E-state index in [4.69, 9.17) is 11.6 Å². The van der Waals surface area contributed by atoms with Crippen molar-refractivity contribution in [3.05, 3.63) is 34.9 Å². The van der Waals surface area contributed by atoms with Crippen LogP contribution in [-0.4, -0.2) is 37.8 Å². The maximum atomic E-state index is 12.7. The third-order valence-electron chi connectivity index (χ3n) is 5.26.